The summed E-state index contributed by atoms with van der Waals surface area (Å²) in [6.07, 6.45) is 7.89. The molecular formula is C27H25ClLiN11O11. The van der Waals surface area contributed by atoms with Gasteiger partial charge in [-0.05, 0) is 5.16 Å². The first kappa shape index (κ1) is 42.5. The van der Waals surface area contributed by atoms with Gasteiger partial charge >= 0.3 is 36.8 Å². The molecule has 51 heavy (non-hydrogen) atoms. The van der Waals surface area contributed by atoms with Gasteiger partial charge in [0.05, 0.1) is 21.3 Å². The fraction of sp³-hybridized carbons (Fsp3) is 0.111. The van der Waals surface area contributed by atoms with E-state index >= 15 is 0 Å². The van der Waals surface area contributed by atoms with Gasteiger partial charge in [0.1, 0.15) is 54.6 Å². The predicted octanol–water partition coefficient (Wildman–Crippen LogP) is 0.328. The predicted molar refractivity (Wildman–Crippen MR) is 165 cm³/mol. The first-order valence-electron chi connectivity index (χ1n) is 13.0. The van der Waals surface area contributed by atoms with Crippen molar-refractivity contribution in [1.82, 2.24) is 45.4 Å². The Balaban J connectivity index is 0.000000348. The Bertz CT molecular complexity index is 1890. The summed E-state index contributed by atoms with van der Waals surface area (Å²) in [4.78, 5) is 54.9. The van der Waals surface area contributed by atoms with Gasteiger partial charge in [0.25, 0.3) is 5.88 Å². The Labute approximate surface area is 303 Å². The van der Waals surface area contributed by atoms with Crippen LogP contribution in [0.1, 0.15) is 31.5 Å². The van der Waals surface area contributed by atoms with Gasteiger partial charge in [-0.15, -0.1) is 0 Å². The van der Waals surface area contributed by atoms with Crippen LogP contribution in [0.25, 0.3) is 0 Å². The molecule has 0 bridgehead atoms. The van der Waals surface area contributed by atoms with Crippen LogP contribution >= 0.6 is 11.6 Å². The third-order valence-electron chi connectivity index (χ3n) is 4.99. The average Bonchev–Trinajstić information content (AvgIpc) is 3.94. The van der Waals surface area contributed by atoms with Crippen LogP contribution in [-0.2, 0) is 9.47 Å². The van der Waals surface area contributed by atoms with Gasteiger partial charge in [0.2, 0.25) is 0 Å². The Morgan fingerprint density at radius 2 is 1.10 bits per heavy atom. The maximum atomic E-state index is 11.2. The van der Waals surface area contributed by atoms with Crippen molar-refractivity contribution in [2.45, 2.75) is 0 Å². The summed E-state index contributed by atoms with van der Waals surface area (Å²) in [7, 11) is 4.10. The fourth-order valence-corrected chi connectivity index (χ4v) is 3.00. The second kappa shape index (κ2) is 23.0. The van der Waals surface area contributed by atoms with E-state index in [1.54, 1.807) is 18.2 Å². The number of aromatic nitrogens is 9. The third kappa shape index (κ3) is 15.1. The average molecular weight is 722 g/mol. The quantitative estimate of drug-likeness (QED) is 0.108. The molecule has 0 aliphatic carbocycles. The van der Waals surface area contributed by atoms with Gasteiger partial charge in [-0.3, -0.25) is 0 Å². The largest absolute Gasteiger partial charge is 1.00 e. The molecule has 6 aromatic heterocycles. The maximum Gasteiger partial charge on any atom is 1.00 e. The normalized spacial score (nSPS) is 9.18. The molecule has 0 unspecified atom stereocenters. The number of nitrogens with zero attached hydrogens (tertiary/aromatic N) is 9. The minimum atomic E-state index is -1.11. The van der Waals surface area contributed by atoms with Crippen LogP contribution in [0.3, 0.4) is 0 Å². The smallest absolute Gasteiger partial charge is 0.870 e. The summed E-state index contributed by atoms with van der Waals surface area (Å²) in [6.45, 7) is 0. The minimum Gasteiger partial charge on any atom is -0.870 e. The molecule has 262 valence electrons. The van der Waals surface area contributed by atoms with E-state index in [1.807, 2.05) is 0 Å². The van der Waals surface area contributed by atoms with Crippen LogP contribution in [0.5, 0.6) is 5.88 Å². The number of hydrogen-bond donors (Lipinski definition) is 3. The summed E-state index contributed by atoms with van der Waals surface area (Å²) in [5.41, 5.74) is 0.243. The van der Waals surface area contributed by atoms with Gasteiger partial charge in [-0.25, -0.2) is 44.3 Å². The number of methoxy groups -OCH3 is 3. The van der Waals surface area contributed by atoms with Crippen LogP contribution in [0, 0.1) is 0 Å². The number of hydrogen-bond acceptors (Lipinski definition) is 21. The van der Waals surface area contributed by atoms with Crippen LogP contribution in [0.15, 0.2) is 87.7 Å². The molecule has 0 aliphatic heterocycles. The molecule has 0 spiro atoms. The van der Waals surface area contributed by atoms with Crippen molar-refractivity contribution in [2.75, 3.05) is 32.0 Å². The first-order valence-corrected chi connectivity index (χ1v) is 13.4. The molecule has 0 saturated heterocycles. The molecule has 0 atom stereocenters. The van der Waals surface area contributed by atoms with E-state index in [2.05, 4.69) is 83.8 Å². The van der Waals surface area contributed by atoms with Gasteiger partial charge < -0.3 is 49.0 Å². The second-order valence-electron chi connectivity index (χ2n) is 8.15. The zero-order valence-corrected chi connectivity index (χ0v) is 27.7. The first-order chi connectivity index (χ1) is 23.7. The number of rotatable bonds is 8. The van der Waals surface area contributed by atoms with Crippen molar-refractivity contribution in [2.24, 2.45) is 0 Å². The number of esters is 2. The number of carbonyl (C=O) groups is 3. The molecule has 0 fully saturated rings. The Morgan fingerprint density at radius 1 is 0.647 bits per heavy atom. The van der Waals surface area contributed by atoms with Crippen molar-refractivity contribution in [3.63, 3.8) is 0 Å². The molecule has 0 aliphatic rings. The van der Waals surface area contributed by atoms with Crippen molar-refractivity contribution in [3.05, 3.63) is 96.4 Å². The SMILES string of the molecule is COC(=O)c1cc(Cl)ncn1.COC(=O)c1cc(Nc2ccon2)ncn1.COc1ccon1.O=C(O)c1cc(Nc2ccon2)ncn1.[Li+].[OH-]. The number of carboxylic acid groups (broad SMARTS) is 1. The molecule has 0 amide bonds. The van der Waals surface area contributed by atoms with Gasteiger partial charge in [-0.2, -0.15) is 0 Å². The Morgan fingerprint density at radius 3 is 1.49 bits per heavy atom. The number of aromatic carboxylic acids is 1. The zero-order valence-electron chi connectivity index (χ0n) is 26.9. The number of halogens is 1. The minimum absolute atomic E-state index is 0. The summed E-state index contributed by atoms with van der Waals surface area (Å²) < 4.78 is 27.2. The van der Waals surface area contributed by atoms with E-state index in [4.69, 9.17) is 16.7 Å². The van der Waals surface area contributed by atoms with E-state index in [9.17, 15) is 14.4 Å². The number of nitrogens with one attached hydrogen (secondary N) is 2. The number of carbonyl (C=O) groups excluding carboxylic acids is 2. The molecule has 24 heteroatoms. The van der Waals surface area contributed by atoms with Crippen molar-refractivity contribution >= 4 is 52.8 Å². The van der Waals surface area contributed by atoms with E-state index in [0.29, 0.717) is 29.2 Å². The molecule has 6 heterocycles. The maximum absolute atomic E-state index is 11.2. The number of carboxylic acids is 1. The van der Waals surface area contributed by atoms with Crippen molar-refractivity contribution in [1.29, 1.82) is 0 Å². The second-order valence-corrected chi connectivity index (χ2v) is 8.54. The summed E-state index contributed by atoms with van der Waals surface area (Å²) in [5.74, 6) is 0.0839. The molecular weight excluding hydrogens is 697 g/mol. The van der Waals surface area contributed by atoms with E-state index in [0.717, 1.165) is 6.33 Å². The number of anilines is 4. The van der Waals surface area contributed by atoms with Crippen LogP contribution in [0.4, 0.5) is 23.3 Å². The van der Waals surface area contributed by atoms with Crippen LogP contribution in [-0.4, -0.2) is 95.2 Å². The summed E-state index contributed by atoms with van der Waals surface area (Å²) >= 11 is 5.49. The molecule has 4 N–H and O–H groups in total. The van der Waals surface area contributed by atoms with Gasteiger partial charge in [0, 0.05) is 36.4 Å². The third-order valence-corrected chi connectivity index (χ3v) is 5.19. The molecule has 0 aromatic carbocycles. The summed E-state index contributed by atoms with van der Waals surface area (Å²) in [6, 6.07) is 8.95. The Kier molecular flexibility index (Phi) is 19.2. The standard InChI is InChI=1S/C9H8N4O3.C8H6N4O3.C6H5ClN2O2.C4H5NO2.Li.H2O/c1-15-9(14)6-4-8(11-5-10-6)12-7-2-3-16-13-7;13-8(14)5-3-7(10-4-9-5)11-6-1-2-15-12-6;1-11-6(10)4-2-5(7)9-3-8-4;1-6-4-2-3-7-5-4;;/h2-5H,1H3,(H,10,11,12,13);1-4H,(H,13,14)(H,9,10,11,12);2-3H,1H3;2-3H,1H3;;1H2/q;;;;+1;/p-1. The van der Waals surface area contributed by atoms with E-state index in [-0.39, 0.29) is 46.6 Å². The molecule has 6 rings (SSSR count). The van der Waals surface area contributed by atoms with E-state index in [1.165, 1.54) is 71.0 Å². The molecule has 6 aromatic rings. The molecule has 22 nitrogen and oxygen atoms in total. The van der Waals surface area contributed by atoms with E-state index < -0.39 is 17.9 Å². The molecule has 0 radical (unpaired) electrons. The van der Waals surface area contributed by atoms with Crippen molar-refractivity contribution in [3.8, 4) is 5.88 Å². The number of ether oxygens (including phenoxy) is 3. The van der Waals surface area contributed by atoms with Crippen LogP contribution in [0.2, 0.25) is 5.15 Å². The van der Waals surface area contributed by atoms with Crippen molar-refractivity contribution < 1.29 is 71.6 Å². The monoisotopic (exact) mass is 721 g/mol. The van der Waals surface area contributed by atoms with Gasteiger partial charge in [0.15, 0.2) is 28.7 Å². The summed E-state index contributed by atoms with van der Waals surface area (Å²) in [5, 5.41) is 25.2. The zero-order chi connectivity index (χ0) is 35.4. The van der Waals surface area contributed by atoms with Gasteiger partial charge in [-0.1, -0.05) is 21.9 Å². The fourth-order valence-electron chi connectivity index (χ4n) is 2.86. The van der Waals surface area contributed by atoms with Crippen LogP contribution < -0.4 is 34.2 Å². The Hall–Kier alpha value is -6.47. The topological polar surface area (TPSA) is 309 Å². The molecule has 0 saturated carbocycles.